The fourth-order valence-corrected chi connectivity index (χ4v) is 1.16. The van der Waals surface area contributed by atoms with Gasteiger partial charge < -0.3 is 4.84 Å². The van der Waals surface area contributed by atoms with Crippen LogP contribution in [0.15, 0.2) is 29.8 Å². The summed E-state index contributed by atoms with van der Waals surface area (Å²) in [7, 11) is 0. The molecule has 0 aliphatic rings. The SMILES string of the molecule is C=NOCc1ccnc2nccnc12. The van der Waals surface area contributed by atoms with Gasteiger partial charge in [0.25, 0.3) is 0 Å². The van der Waals surface area contributed by atoms with Crippen molar-refractivity contribution in [3.8, 4) is 0 Å². The van der Waals surface area contributed by atoms with Crippen LogP contribution >= 0.6 is 0 Å². The van der Waals surface area contributed by atoms with Gasteiger partial charge >= 0.3 is 0 Å². The summed E-state index contributed by atoms with van der Waals surface area (Å²) in [6, 6.07) is 1.82. The van der Waals surface area contributed by atoms with E-state index in [0.717, 1.165) is 11.1 Å². The highest BCUT2D eigenvalue weighted by atomic mass is 16.6. The average Bonchev–Trinajstić information content (AvgIpc) is 2.26. The van der Waals surface area contributed by atoms with E-state index in [4.69, 9.17) is 4.84 Å². The van der Waals surface area contributed by atoms with Crippen molar-refractivity contribution in [3.05, 3.63) is 30.2 Å². The molecule has 0 saturated heterocycles. The largest absolute Gasteiger partial charge is 0.391 e. The quantitative estimate of drug-likeness (QED) is 0.535. The fourth-order valence-electron chi connectivity index (χ4n) is 1.16. The van der Waals surface area contributed by atoms with E-state index >= 15 is 0 Å². The highest BCUT2D eigenvalue weighted by molar-refractivity contribution is 5.72. The lowest BCUT2D eigenvalue weighted by atomic mass is 10.2. The zero-order chi connectivity index (χ0) is 9.80. The number of nitrogens with zero attached hydrogens (tertiary/aromatic N) is 4. The third-order valence-electron chi connectivity index (χ3n) is 1.77. The van der Waals surface area contributed by atoms with Gasteiger partial charge in [-0.15, -0.1) is 5.16 Å². The third kappa shape index (κ3) is 1.52. The number of hydrogen-bond acceptors (Lipinski definition) is 5. The second kappa shape index (κ2) is 3.78. The molecule has 0 atom stereocenters. The minimum absolute atomic E-state index is 0.335. The Morgan fingerprint density at radius 1 is 1.21 bits per heavy atom. The van der Waals surface area contributed by atoms with E-state index < -0.39 is 0 Å². The number of pyridine rings is 1. The molecule has 2 aromatic rings. The Kier molecular flexibility index (Phi) is 2.31. The number of hydrogen-bond donors (Lipinski definition) is 0. The van der Waals surface area contributed by atoms with Gasteiger partial charge in [0.1, 0.15) is 12.1 Å². The predicted octanol–water partition coefficient (Wildman–Crippen LogP) is 1.16. The summed E-state index contributed by atoms with van der Waals surface area (Å²) in [5, 5.41) is 3.32. The predicted molar refractivity (Wildman–Crippen MR) is 51.7 cm³/mol. The van der Waals surface area contributed by atoms with Crippen LogP contribution in [0, 0.1) is 0 Å². The molecule has 5 nitrogen and oxygen atoms in total. The van der Waals surface area contributed by atoms with Gasteiger partial charge in [-0.05, 0) is 6.07 Å². The summed E-state index contributed by atoms with van der Waals surface area (Å²) in [5.74, 6) is 0. The van der Waals surface area contributed by atoms with Gasteiger partial charge in [0.15, 0.2) is 5.65 Å². The topological polar surface area (TPSA) is 60.3 Å². The first-order valence-corrected chi connectivity index (χ1v) is 4.04. The fraction of sp³-hybridized carbons (Fsp3) is 0.111. The van der Waals surface area contributed by atoms with Crippen LogP contribution in [0.2, 0.25) is 0 Å². The lowest BCUT2D eigenvalue weighted by Gasteiger charge is -2.01. The van der Waals surface area contributed by atoms with Crippen LogP contribution in [-0.4, -0.2) is 21.7 Å². The van der Waals surface area contributed by atoms with E-state index in [9.17, 15) is 0 Å². The molecule has 70 valence electrons. The van der Waals surface area contributed by atoms with Crippen molar-refractivity contribution >= 4 is 17.9 Å². The number of oxime groups is 1. The summed E-state index contributed by atoms with van der Waals surface area (Å²) in [4.78, 5) is 17.2. The van der Waals surface area contributed by atoms with Crippen molar-refractivity contribution in [1.29, 1.82) is 0 Å². The van der Waals surface area contributed by atoms with Gasteiger partial charge in [-0.25, -0.2) is 9.97 Å². The molecule has 0 bridgehead atoms. The van der Waals surface area contributed by atoms with Gasteiger partial charge in [-0.3, -0.25) is 4.98 Å². The maximum Gasteiger partial charge on any atom is 0.178 e. The van der Waals surface area contributed by atoms with Gasteiger partial charge in [-0.2, -0.15) is 0 Å². The van der Waals surface area contributed by atoms with Crippen LogP contribution in [0.5, 0.6) is 0 Å². The zero-order valence-electron chi connectivity index (χ0n) is 7.42. The Bertz CT molecular complexity index is 452. The Labute approximate surface area is 80.5 Å². The minimum atomic E-state index is 0.335. The molecular weight excluding hydrogens is 180 g/mol. The molecule has 0 spiro atoms. The van der Waals surface area contributed by atoms with E-state index in [1.165, 1.54) is 0 Å². The van der Waals surface area contributed by atoms with E-state index in [1.54, 1.807) is 18.6 Å². The molecule has 5 heteroatoms. The Hall–Kier alpha value is -2.04. The number of rotatable bonds is 3. The highest BCUT2D eigenvalue weighted by Crippen LogP contribution is 2.11. The molecule has 0 radical (unpaired) electrons. The van der Waals surface area contributed by atoms with Crippen molar-refractivity contribution in [1.82, 2.24) is 15.0 Å². The Balaban J connectivity index is 2.48. The second-order valence-corrected chi connectivity index (χ2v) is 2.60. The highest BCUT2D eigenvalue weighted by Gasteiger charge is 2.03. The maximum atomic E-state index is 4.85. The van der Waals surface area contributed by atoms with Crippen LogP contribution in [0.3, 0.4) is 0 Å². The maximum absolute atomic E-state index is 4.85. The Morgan fingerprint density at radius 3 is 2.86 bits per heavy atom. The van der Waals surface area contributed by atoms with E-state index in [0.29, 0.717) is 12.3 Å². The molecule has 0 amide bonds. The van der Waals surface area contributed by atoms with Gasteiger partial charge in [0, 0.05) is 30.9 Å². The summed E-state index contributed by atoms with van der Waals surface area (Å²) in [6.07, 6.45) is 4.89. The van der Waals surface area contributed by atoms with Crippen molar-refractivity contribution in [3.63, 3.8) is 0 Å². The van der Waals surface area contributed by atoms with Gasteiger partial charge in [0.2, 0.25) is 0 Å². The average molecular weight is 188 g/mol. The van der Waals surface area contributed by atoms with Crippen LogP contribution < -0.4 is 0 Å². The van der Waals surface area contributed by atoms with Gasteiger partial charge in [-0.1, -0.05) is 0 Å². The van der Waals surface area contributed by atoms with Crippen LogP contribution in [0.4, 0.5) is 0 Å². The molecule has 2 heterocycles. The van der Waals surface area contributed by atoms with Crippen molar-refractivity contribution in [2.24, 2.45) is 5.16 Å². The Morgan fingerprint density at radius 2 is 2.00 bits per heavy atom. The standard InChI is InChI=1S/C9H8N4O/c1-10-14-6-7-2-3-12-9-8(7)11-4-5-13-9/h2-5H,1,6H2. The van der Waals surface area contributed by atoms with Crippen molar-refractivity contribution < 1.29 is 4.84 Å². The second-order valence-electron chi connectivity index (χ2n) is 2.60. The van der Waals surface area contributed by atoms with E-state index in [2.05, 4.69) is 26.8 Å². The lowest BCUT2D eigenvalue weighted by Crippen LogP contribution is -1.94. The van der Waals surface area contributed by atoms with Crippen molar-refractivity contribution in [2.45, 2.75) is 6.61 Å². The molecule has 0 aliphatic carbocycles. The van der Waals surface area contributed by atoms with Crippen LogP contribution in [-0.2, 0) is 11.4 Å². The first-order valence-electron chi connectivity index (χ1n) is 4.04. The molecule has 14 heavy (non-hydrogen) atoms. The lowest BCUT2D eigenvalue weighted by molar-refractivity contribution is 0.134. The summed E-state index contributed by atoms with van der Waals surface area (Å²) in [5.41, 5.74) is 2.24. The molecule has 0 unspecified atom stereocenters. The third-order valence-corrected chi connectivity index (χ3v) is 1.77. The molecular formula is C9H8N4O. The monoisotopic (exact) mass is 188 g/mol. The van der Waals surface area contributed by atoms with E-state index in [-0.39, 0.29) is 0 Å². The summed E-state index contributed by atoms with van der Waals surface area (Å²) >= 11 is 0. The molecule has 0 fully saturated rings. The first-order chi connectivity index (χ1) is 6.92. The first kappa shape index (κ1) is 8.55. The molecule has 0 aromatic carbocycles. The number of aromatic nitrogens is 3. The van der Waals surface area contributed by atoms with Gasteiger partial charge in [0.05, 0.1) is 0 Å². The normalized spacial score (nSPS) is 10.0. The zero-order valence-corrected chi connectivity index (χ0v) is 7.42. The summed E-state index contributed by atoms with van der Waals surface area (Å²) in [6.45, 7) is 3.57. The molecule has 0 N–H and O–H groups in total. The number of fused-ring (bicyclic) bond motifs is 1. The molecule has 0 aliphatic heterocycles. The minimum Gasteiger partial charge on any atom is -0.391 e. The molecule has 2 aromatic heterocycles. The summed E-state index contributed by atoms with van der Waals surface area (Å²) < 4.78 is 0. The smallest absolute Gasteiger partial charge is 0.178 e. The van der Waals surface area contributed by atoms with E-state index in [1.807, 2.05) is 6.07 Å². The van der Waals surface area contributed by atoms with Crippen LogP contribution in [0.25, 0.3) is 11.2 Å². The van der Waals surface area contributed by atoms with Crippen LogP contribution in [0.1, 0.15) is 5.56 Å². The molecule has 0 saturated carbocycles. The molecule has 2 rings (SSSR count). The van der Waals surface area contributed by atoms with Crippen molar-refractivity contribution in [2.75, 3.05) is 0 Å².